The predicted molar refractivity (Wildman–Crippen MR) is 125 cm³/mol. The number of benzene rings is 2. The first-order valence-electron chi connectivity index (χ1n) is 10.7. The Hall–Kier alpha value is -3.00. The topological polar surface area (TPSA) is 69.5 Å². The van der Waals surface area contributed by atoms with Crippen molar-refractivity contribution in [3.63, 3.8) is 0 Å². The monoisotopic (exact) mass is 452 g/mol. The summed E-state index contributed by atoms with van der Waals surface area (Å²) in [6.45, 7) is 8.96. The SMILES string of the molecule is CC(C)N(C(=O)CSc1nnc(-c2ccccc2)n1Cc1ccc2c(c1)OCO2)C(C)C. The van der Waals surface area contributed by atoms with Gasteiger partial charge in [-0.1, -0.05) is 48.2 Å². The normalized spacial score (nSPS) is 12.6. The molecule has 2 heterocycles. The van der Waals surface area contributed by atoms with E-state index in [1.54, 1.807) is 0 Å². The van der Waals surface area contributed by atoms with Crippen LogP contribution in [0, 0.1) is 0 Å². The number of nitrogens with zero attached hydrogens (tertiary/aromatic N) is 4. The van der Waals surface area contributed by atoms with Gasteiger partial charge in [-0.2, -0.15) is 0 Å². The van der Waals surface area contributed by atoms with Gasteiger partial charge in [0.2, 0.25) is 12.7 Å². The number of fused-ring (bicyclic) bond motifs is 1. The zero-order chi connectivity index (χ0) is 22.7. The van der Waals surface area contributed by atoms with Gasteiger partial charge in [-0.05, 0) is 45.4 Å². The molecule has 1 aliphatic heterocycles. The molecule has 0 bridgehead atoms. The average Bonchev–Trinajstić information content (AvgIpc) is 3.39. The minimum atomic E-state index is 0.0962. The Balaban J connectivity index is 1.61. The van der Waals surface area contributed by atoms with Crippen molar-refractivity contribution in [1.82, 2.24) is 19.7 Å². The highest BCUT2D eigenvalue weighted by Gasteiger charge is 2.22. The average molecular weight is 453 g/mol. The molecule has 3 aromatic rings. The summed E-state index contributed by atoms with van der Waals surface area (Å²) in [6.07, 6.45) is 0. The van der Waals surface area contributed by atoms with Gasteiger partial charge in [-0.3, -0.25) is 9.36 Å². The lowest BCUT2D eigenvalue weighted by atomic mass is 10.2. The third kappa shape index (κ3) is 4.75. The summed E-state index contributed by atoms with van der Waals surface area (Å²) in [5.74, 6) is 2.67. The predicted octanol–water partition coefficient (Wildman–Crippen LogP) is 4.46. The Morgan fingerprint density at radius 2 is 1.75 bits per heavy atom. The van der Waals surface area contributed by atoms with E-state index in [0.29, 0.717) is 17.5 Å². The standard InChI is InChI=1S/C24H28N4O3S/c1-16(2)28(17(3)4)22(29)14-32-24-26-25-23(19-8-6-5-7-9-19)27(24)13-18-10-11-20-21(12-18)31-15-30-20/h5-12,16-17H,13-15H2,1-4H3. The first-order valence-corrected chi connectivity index (χ1v) is 11.7. The van der Waals surface area contributed by atoms with Crippen LogP contribution in [0.25, 0.3) is 11.4 Å². The van der Waals surface area contributed by atoms with E-state index < -0.39 is 0 Å². The van der Waals surface area contributed by atoms with Crippen LogP contribution in [0.5, 0.6) is 11.5 Å². The van der Waals surface area contributed by atoms with Crippen LogP contribution in [-0.2, 0) is 11.3 Å². The van der Waals surface area contributed by atoms with Crippen LogP contribution < -0.4 is 9.47 Å². The van der Waals surface area contributed by atoms with Gasteiger partial charge >= 0.3 is 0 Å². The number of carbonyl (C=O) groups is 1. The molecule has 0 aliphatic carbocycles. The lowest BCUT2D eigenvalue weighted by Gasteiger charge is -2.30. The van der Waals surface area contributed by atoms with E-state index in [-0.39, 0.29) is 24.8 Å². The Labute approximate surface area is 192 Å². The molecule has 1 aliphatic rings. The number of hydrogen-bond donors (Lipinski definition) is 0. The molecule has 8 heteroatoms. The summed E-state index contributed by atoms with van der Waals surface area (Å²) in [7, 11) is 0. The fourth-order valence-corrected chi connectivity index (χ4v) is 4.74. The molecule has 0 atom stereocenters. The molecule has 1 amide bonds. The summed E-state index contributed by atoms with van der Waals surface area (Å²) in [4.78, 5) is 14.8. The molecule has 4 rings (SSSR count). The highest BCUT2D eigenvalue weighted by molar-refractivity contribution is 7.99. The Bertz CT molecular complexity index is 1070. The van der Waals surface area contributed by atoms with Crippen LogP contribution >= 0.6 is 11.8 Å². The summed E-state index contributed by atoms with van der Waals surface area (Å²) in [6, 6.07) is 16.2. The van der Waals surface area contributed by atoms with Crippen LogP contribution in [0.3, 0.4) is 0 Å². The zero-order valence-corrected chi connectivity index (χ0v) is 19.6. The fourth-order valence-electron chi connectivity index (χ4n) is 3.93. The molecule has 0 saturated carbocycles. The second-order valence-corrected chi connectivity index (χ2v) is 9.17. The third-order valence-electron chi connectivity index (χ3n) is 5.25. The largest absolute Gasteiger partial charge is 0.454 e. The van der Waals surface area contributed by atoms with Crippen LogP contribution in [0.15, 0.2) is 53.7 Å². The van der Waals surface area contributed by atoms with E-state index in [1.165, 1.54) is 11.8 Å². The minimum Gasteiger partial charge on any atom is -0.454 e. The van der Waals surface area contributed by atoms with Gasteiger partial charge in [0.1, 0.15) is 0 Å². The fraction of sp³-hybridized carbons (Fsp3) is 0.375. The van der Waals surface area contributed by atoms with Gasteiger partial charge in [0.15, 0.2) is 22.5 Å². The van der Waals surface area contributed by atoms with E-state index >= 15 is 0 Å². The minimum absolute atomic E-state index is 0.0962. The highest BCUT2D eigenvalue weighted by atomic mass is 32.2. The molecule has 0 saturated heterocycles. The second-order valence-electron chi connectivity index (χ2n) is 8.22. The molecule has 7 nitrogen and oxygen atoms in total. The van der Waals surface area contributed by atoms with E-state index in [9.17, 15) is 4.79 Å². The van der Waals surface area contributed by atoms with E-state index in [0.717, 1.165) is 28.5 Å². The van der Waals surface area contributed by atoms with E-state index in [1.807, 2.05) is 81.1 Å². The van der Waals surface area contributed by atoms with Crippen LogP contribution in [-0.4, -0.2) is 50.2 Å². The molecule has 32 heavy (non-hydrogen) atoms. The van der Waals surface area contributed by atoms with Gasteiger partial charge < -0.3 is 14.4 Å². The van der Waals surface area contributed by atoms with Gasteiger partial charge in [-0.25, -0.2) is 0 Å². The van der Waals surface area contributed by atoms with Crippen molar-refractivity contribution >= 4 is 17.7 Å². The third-order valence-corrected chi connectivity index (χ3v) is 6.20. The van der Waals surface area contributed by atoms with Crippen LogP contribution in [0.4, 0.5) is 0 Å². The molecule has 0 radical (unpaired) electrons. The Morgan fingerprint density at radius 3 is 2.47 bits per heavy atom. The van der Waals surface area contributed by atoms with E-state index in [2.05, 4.69) is 14.8 Å². The maximum atomic E-state index is 12.9. The number of aromatic nitrogens is 3. The number of carbonyl (C=O) groups excluding carboxylic acids is 1. The smallest absolute Gasteiger partial charge is 0.233 e. The van der Waals surface area contributed by atoms with Gasteiger partial charge in [-0.15, -0.1) is 10.2 Å². The van der Waals surface area contributed by atoms with Crippen molar-refractivity contribution < 1.29 is 14.3 Å². The van der Waals surface area contributed by atoms with Crippen molar-refractivity contribution in [2.24, 2.45) is 0 Å². The lowest BCUT2D eigenvalue weighted by molar-refractivity contribution is -0.131. The first-order chi connectivity index (χ1) is 15.4. The van der Waals surface area contributed by atoms with Crippen molar-refractivity contribution in [2.45, 2.75) is 51.5 Å². The zero-order valence-electron chi connectivity index (χ0n) is 18.8. The Kier molecular flexibility index (Phi) is 6.69. The first kappa shape index (κ1) is 22.2. The number of amides is 1. The molecule has 2 aromatic carbocycles. The van der Waals surface area contributed by atoms with Crippen LogP contribution in [0.2, 0.25) is 0 Å². The lowest BCUT2D eigenvalue weighted by Crippen LogP contribution is -2.43. The summed E-state index contributed by atoms with van der Waals surface area (Å²) < 4.78 is 13.0. The van der Waals surface area contributed by atoms with Crippen molar-refractivity contribution in [3.8, 4) is 22.9 Å². The quantitative estimate of drug-likeness (QED) is 0.470. The van der Waals surface area contributed by atoms with Crippen molar-refractivity contribution in [3.05, 3.63) is 54.1 Å². The molecular formula is C24H28N4O3S. The molecule has 168 valence electrons. The van der Waals surface area contributed by atoms with Gasteiger partial charge in [0, 0.05) is 17.6 Å². The number of thioether (sulfide) groups is 1. The maximum absolute atomic E-state index is 12.9. The molecule has 0 spiro atoms. The molecule has 0 N–H and O–H groups in total. The van der Waals surface area contributed by atoms with Gasteiger partial charge in [0.05, 0.1) is 12.3 Å². The molecule has 0 fully saturated rings. The molecule has 0 unspecified atom stereocenters. The maximum Gasteiger partial charge on any atom is 0.233 e. The van der Waals surface area contributed by atoms with Crippen molar-refractivity contribution in [2.75, 3.05) is 12.5 Å². The molecular weight excluding hydrogens is 424 g/mol. The highest BCUT2D eigenvalue weighted by Crippen LogP contribution is 2.33. The second kappa shape index (κ2) is 9.65. The number of rotatable bonds is 8. The van der Waals surface area contributed by atoms with Crippen molar-refractivity contribution in [1.29, 1.82) is 0 Å². The number of ether oxygens (including phenoxy) is 2. The summed E-state index contributed by atoms with van der Waals surface area (Å²) in [5, 5.41) is 9.60. The number of hydrogen-bond acceptors (Lipinski definition) is 6. The Morgan fingerprint density at radius 1 is 1.03 bits per heavy atom. The summed E-state index contributed by atoms with van der Waals surface area (Å²) in [5.41, 5.74) is 2.02. The summed E-state index contributed by atoms with van der Waals surface area (Å²) >= 11 is 1.42. The van der Waals surface area contributed by atoms with E-state index in [4.69, 9.17) is 9.47 Å². The van der Waals surface area contributed by atoms with Crippen LogP contribution in [0.1, 0.15) is 33.3 Å². The van der Waals surface area contributed by atoms with Gasteiger partial charge in [0.25, 0.3) is 0 Å². The molecule has 1 aromatic heterocycles.